The first-order valence-electron chi connectivity index (χ1n) is 6.87. The summed E-state index contributed by atoms with van der Waals surface area (Å²) in [5.41, 5.74) is -0.154. The molecule has 1 atom stereocenters. The van der Waals surface area contributed by atoms with Crippen LogP contribution in [0.5, 0.6) is 5.75 Å². The molecule has 1 aliphatic carbocycles. The molecule has 0 saturated heterocycles. The lowest BCUT2D eigenvalue weighted by molar-refractivity contribution is 0.0692. The SMILES string of the molecule is CCOc1ccc(S(=O)(=O)NC(C)C2CC2)cc1C(=O)O. The maximum Gasteiger partial charge on any atom is 0.339 e. The van der Waals surface area contributed by atoms with E-state index in [0.29, 0.717) is 12.5 Å². The van der Waals surface area contributed by atoms with Gasteiger partial charge in [-0.25, -0.2) is 17.9 Å². The minimum Gasteiger partial charge on any atom is -0.493 e. The Bertz CT molecular complexity index is 637. The summed E-state index contributed by atoms with van der Waals surface area (Å²) in [5.74, 6) is -0.675. The monoisotopic (exact) mass is 313 g/mol. The highest BCUT2D eigenvalue weighted by Gasteiger charge is 2.31. The third kappa shape index (κ3) is 3.74. The molecule has 7 heteroatoms. The Balaban J connectivity index is 2.30. The van der Waals surface area contributed by atoms with Gasteiger partial charge in [0.25, 0.3) is 0 Å². The molecule has 0 aromatic heterocycles. The lowest BCUT2D eigenvalue weighted by Crippen LogP contribution is -2.34. The van der Waals surface area contributed by atoms with Gasteiger partial charge in [0.05, 0.1) is 11.5 Å². The predicted octanol–water partition coefficient (Wildman–Crippen LogP) is 1.86. The van der Waals surface area contributed by atoms with Crippen molar-refractivity contribution in [2.45, 2.75) is 37.6 Å². The van der Waals surface area contributed by atoms with E-state index in [1.807, 2.05) is 6.92 Å². The van der Waals surface area contributed by atoms with Gasteiger partial charge in [-0.2, -0.15) is 0 Å². The van der Waals surface area contributed by atoms with Crippen LogP contribution in [0.3, 0.4) is 0 Å². The van der Waals surface area contributed by atoms with Crippen molar-refractivity contribution in [3.63, 3.8) is 0 Å². The fourth-order valence-electron chi connectivity index (χ4n) is 2.13. The molecule has 2 rings (SSSR count). The van der Waals surface area contributed by atoms with Crippen LogP contribution < -0.4 is 9.46 Å². The van der Waals surface area contributed by atoms with Crippen molar-refractivity contribution in [3.8, 4) is 5.75 Å². The summed E-state index contributed by atoms with van der Waals surface area (Å²) in [5, 5.41) is 9.17. The van der Waals surface area contributed by atoms with Crippen molar-refractivity contribution in [3.05, 3.63) is 23.8 Å². The summed E-state index contributed by atoms with van der Waals surface area (Å²) in [4.78, 5) is 11.2. The first-order valence-corrected chi connectivity index (χ1v) is 8.36. The molecule has 1 aromatic carbocycles. The summed E-state index contributed by atoms with van der Waals surface area (Å²) in [6.07, 6.45) is 2.04. The number of carboxylic acids is 1. The Morgan fingerprint density at radius 2 is 2.14 bits per heavy atom. The summed E-state index contributed by atoms with van der Waals surface area (Å²) >= 11 is 0. The van der Waals surface area contributed by atoms with Gasteiger partial charge in [-0.15, -0.1) is 0 Å². The van der Waals surface area contributed by atoms with Crippen LogP contribution in [0.15, 0.2) is 23.1 Å². The molecule has 1 aromatic rings. The van der Waals surface area contributed by atoms with E-state index in [4.69, 9.17) is 9.84 Å². The standard InChI is InChI=1S/C14H19NO5S/c1-3-20-13-7-6-11(8-12(13)14(16)17)21(18,19)15-9(2)10-4-5-10/h6-10,15H,3-5H2,1-2H3,(H,16,17). The number of sulfonamides is 1. The molecule has 0 bridgehead atoms. The maximum atomic E-state index is 12.3. The molecular weight excluding hydrogens is 294 g/mol. The zero-order valence-corrected chi connectivity index (χ0v) is 12.8. The van der Waals surface area contributed by atoms with Crippen LogP contribution in [0, 0.1) is 5.92 Å². The number of rotatable bonds is 7. The van der Waals surface area contributed by atoms with E-state index >= 15 is 0 Å². The van der Waals surface area contributed by atoms with Gasteiger partial charge in [0.2, 0.25) is 10.0 Å². The van der Waals surface area contributed by atoms with Gasteiger partial charge < -0.3 is 9.84 Å². The topological polar surface area (TPSA) is 92.7 Å². The molecule has 1 unspecified atom stereocenters. The fourth-order valence-corrected chi connectivity index (χ4v) is 3.47. The summed E-state index contributed by atoms with van der Waals surface area (Å²) < 4.78 is 32.3. The van der Waals surface area contributed by atoms with E-state index in [-0.39, 0.29) is 22.3 Å². The van der Waals surface area contributed by atoms with Crippen molar-refractivity contribution in [1.29, 1.82) is 0 Å². The molecular formula is C14H19NO5S. The molecule has 1 saturated carbocycles. The van der Waals surface area contributed by atoms with Gasteiger partial charge in [-0.3, -0.25) is 0 Å². The highest BCUT2D eigenvalue weighted by atomic mass is 32.2. The van der Waals surface area contributed by atoms with Crippen LogP contribution >= 0.6 is 0 Å². The number of hydrogen-bond acceptors (Lipinski definition) is 4. The molecule has 0 radical (unpaired) electrons. The number of carboxylic acid groups (broad SMARTS) is 1. The zero-order chi connectivity index (χ0) is 15.6. The van der Waals surface area contributed by atoms with Gasteiger partial charge >= 0.3 is 5.97 Å². The molecule has 0 amide bonds. The van der Waals surface area contributed by atoms with Gasteiger partial charge in [0.1, 0.15) is 11.3 Å². The summed E-state index contributed by atoms with van der Waals surface area (Å²) in [6, 6.07) is 3.73. The fraction of sp³-hybridized carbons (Fsp3) is 0.500. The van der Waals surface area contributed by atoms with Crippen LogP contribution in [0.2, 0.25) is 0 Å². The van der Waals surface area contributed by atoms with Crippen molar-refractivity contribution in [2.24, 2.45) is 5.92 Å². The summed E-state index contributed by atoms with van der Waals surface area (Å²) in [7, 11) is -3.72. The van der Waals surface area contributed by atoms with E-state index < -0.39 is 16.0 Å². The minimum absolute atomic E-state index is 0.0594. The second kappa shape index (κ2) is 6.03. The Kier molecular flexibility index (Phi) is 4.53. The molecule has 6 nitrogen and oxygen atoms in total. The van der Waals surface area contributed by atoms with Crippen LogP contribution in [-0.4, -0.2) is 32.1 Å². The second-order valence-corrected chi connectivity index (χ2v) is 6.86. The van der Waals surface area contributed by atoms with Gasteiger partial charge in [0, 0.05) is 6.04 Å². The Labute approximate surface area is 124 Å². The Hall–Kier alpha value is -1.60. The lowest BCUT2D eigenvalue weighted by Gasteiger charge is -2.14. The Morgan fingerprint density at radius 3 is 2.67 bits per heavy atom. The van der Waals surface area contributed by atoms with Crippen LogP contribution in [0.25, 0.3) is 0 Å². The van der Waals surface area contributed by atoms with Gasteiger partial charge in [0.15, 0.2) is 0 Å². The third-order valence-corrected chi connectivity index (χ3v) is 5.02. The zero-order valence-electron chi connectivity index (χ0n) is 12.0. The third-order valence-electron chi connectivity index (χ3n) is 3.46. The average molecular weight is 313 g/mol. The predicted molar refractivity (Wildman–Crippen MR) is 77.1 cm³/mol. The van der Waals surface area contributed by atoms with Crippen LogP contribution in [0.1, 0.15) is 37.0 Å². The highest BCUT2D eigenvalue weighted by Crippen LogP contribution is 2.33. The maximum absolute atomic E-state index is 12.3. The molecule has 1 aliphatic rings. The molecule has 116 valence electrons. The number of nitrogens with one attached hydrogen (secondary N) is 1. The number of carbonyl (C=O) groups is 1. The average Bonchev–Trinajstić information content (AvgIpc) is 3.22. The highest BCUT2D eigenvalue weighted by molar-refractivity contribution is 7.89. The molecule has 0 heterocycles. The molecule has 0 aliphatic heterocycles. The molecule has 2 N–H and O–H groups in total. The normalized spacial score (nSPS) is 16.5. The molecule has 0 spiro atoms. The van der Waals surface area contributed by atoms with Gasteiger partial charge in [-0.05, 0) is 50.8 Å². The number of aromatic carboxylic acids is 1. The van der Waals surface area contributed by atoms with Crippen LogP contribution in [0.4, 0.5) is 0 Å². The minimum atomic E-state index is -3.72. The first-order chi connectivity index (χ1) is 9.85. The van der Waals surface area contributed by atoms with Crippen molar-refractivity contribution < 1.29 is 23.1 Å². The van der Waals surface area contributed by atoms with Crippen LogP contribution in [-0.2, 0) is 10.0 Å². The summed E-state index contributed by atoms with van der Waals surface area (Å²) in [6.45, 7) is 3.86. The second-order valence-electron chi connectivity index (χ2n) is 5.14. The van der Waals surface area contributed by atoms with E-state index in [2.05, 4.69) is 4.72 Å². The number of benzene rings is 1. The van der Waals surface area contributed by atoms with E-state index in [9.17, 15) is 13.2 Å². The van der Waals surface area contributed by atoms with Crippen molar-refractivity contribution in [1.82, 2.24) is 4.72 Å². The lowest BCUT2D eigenvalue weighted by atomic mass is 10.2. The van der Waals surface area contributed by atoms with Gasteiger partial charge in [-0.1, -0.05) is 0 Å². The quantitative estimate of drug-likeness (QED) is 0.801. The van der Waals surface area contributed by atoms with E-state index in [0.717, 1.165) is 18.9 Å². The van der Waals surface area contributed by atoms with E-state index in [1.165, 1.54) is 12.1 Å². The van der Waals surface area contributed by atoms with E-state index in [1.54, 1.807) is 6.92 Å². The number of hydrogen-bond donors (Lipinski definition) is 2. The van der Waals surface area contributed by atoms with Crippen molar-refractivity contribution >= 4 is 16.0 Å². The smallest absolute Gasteiger partial charge is 0.339 e. The molecule has 1 fully saturated rings. The first kappa shape index (κ1) is 15.8. The largest absolute Gasteiger partial charge is 0.493 e. The Morgan fingerprint density at radius 1 is 1.48 bits per heavy atom. The molecule has 21 heavy (non-hydrogen) atoms. The van der Waals surface area contributed by atoms with Crippen molar-refractivity contribution in [2.75, 3.05) is 6.61 Å². The number of ether oxygens (including phenoxy) is 1.